The van der Waals surface area contributed by atoms with E-state index in [4.69, 9.17) is 5.73 Å². The molecule has 0 bridgehead atoms. The second-order valence-corrected chi connectivity index (χ2v) is 7.95. The minimum atomic E-state index is -1.12. The van der Waals surface area contributed by atoms with Crippen LogP contribution in [0, 0.1) is 5.92 Å². The maximum Gasteiger partial charge on any atom is 0.224 e. The third kappa shape index (κ3) is 2.58. The number of carbonyl (C=O) groups is 2. The van der Waals surface area contributed by atoms with Crippen LogP contribution < -0.4 is 10.6 Å². The van der Waals surface area contributed by atoms with E-state index in [0.717, 1.165) is 0 Å². The van der Waals surface area contributed by atoms with Crippen molar-refractivity contribution in [1.82, 2.24) is 0 Å². The quantitative estimate of drug-likeness (QED) is 0.633. The Labute approximate surface area is 163 Å². The number of benzene rings is 2. The number of fused-ring (bicyclic) bond motifs is 1. The molecular formula is C21H24N2O5. The molecule has 148 valence electrons. The largest absolute Gasteiger partial charge is 0.508 e. The number of nitrogens with two attached hydrogens (primary N) is 1. The summed E-state index contributed by atoms with van der Waals surface area (Å²) < 4.78 is 0. The monoisotopic (exact) mass is 384 g/mol. The zero-order valence-corrected chi connectivity index (χ0v) is 16.2. The van der Waals surface area contributed by atoms with Gasteiger partial charge in [0.05, 0.1) is 17.1 Å². The molecule has 0 aromatic heterocycles. The number of phenols is 3. The molecule has 28 heavy (non-hydrogen) atoms. The van der Waals surface area contributed by atoms with Crippen molar-refractivity contribution in [2.45, 2.75) is 38.6 Å². The van der Waals surface area contributed by atoms with Gasteiger partial charge in [0.2, 0.25) is 11.8 Å². The van der Waals surface area contributed by atoms with Gasteiger partial charge in [0.15, 0.2) is 0 Å². The van der Waals surface area contributed by atoms with Crippen molar-refractivity contribution in [3.8, 4) is 17.2 Å². The Morgan fingerprint density at radius 3 is 2.07 bits per heavy atom. The van der Waals surface area contributed by atoms with Crippen molar-refractivity contribution in [3.05, 3.63) is 47.5 Å². The third-order valence-electron chi connectivity index (χ3n) is 5.77. The van der Waals surface area contributed by atoms with E-state index >= 15 is 0 Å². The molecule has 5 N–H and O–H groups in total. The summed E-state index contributed by atoms with van der Waals surface area (Å²) in [6.07, 6.45) is 0. The molecule has 1 heterocycles. The van der Waals surface area contributed by atoms with E-state index in [-0.39, 0.29) is 23.2 Å². The number of hydrogen-bond donors (Lipinski definition) is 4. The van der Waals surface area contributed by atoms with Gasteiger partial charge >= 0.3 is 0 Å². The van der Waals surface area contributed by atoms with Crippen molar-refractivity contribution in [2.24, 2.45) is 11.7 Å². The maximum absolute atomic E-state index is 12.7. The molecule has 0 radical (unpaired) electrons. The Hall–Kier alpha value is -3.22. The maximum atomic E-state index is 12.7. The van der Waals surface area contributed by atoms with E-state index in [1.165, 1.54) is 36.1 Å². The van der Waals surface area contributed by atoms with Crippen LogP contribution in [0.4, 0.5) is 5.69 Å². The summed E-state index contributed by atoms with van der Waals surface area (Å²) in [6, 6.07) is 8.85. The highest BCUT2D eigenvalue weighted by molar-refractivity contribution is 5.99. The van der Waals surface area contributed by atoms with E-state index in [1.807, 2.05) is 0 Å². The average molecular weight is 384 g/mol. The average Bonchev–Trinajstić information content (AvgIpc) is 2.52. The molecule has 2 aromatic carbocycles. The number of hydrogen-bond acceptors (Lipinski definition) is 5. The molecular weight excluding hydrogens is 360 g/mol. The van der Waals surface area contributed by atoms with Crippen molar-refractivity contribution >= 4 is 17.5 Å². The third-order valence-corrected chi connectivity index (χ3v) is 5.77. The van der Waals surface area contributed by atoms with Crippen LogP contribution in [0.25, 0.3) is 0 Å². The van der Waals surface area contributed by atoms with Gasteiger partial charge in [-0.15, -0.1) is 0 Å². The van der Waals surface area contributed by atoms with Crippen LogP contribution in [-0.2, 0) is 15.0 Å². The molecule has 0 saturated heterocycles. The Morgan fingerprint density at radius 2 is 1.57 bits per heavy atom. The number of phenolic OH excluding ortho intramolecular Hbond substituents is 3. The van der Waals surface area contributed by atoms with Gasteiger partial charge in [0.1, 0.15) is 17.2 Å². The molecule has 0 spiro atoms. The summed E-state index contributed by atoms with van der Waals surface area (Å²) in [4.78, 5) is 26.6. The van der Waals surface area contributed by atoms with E-state index < -0.39 is 22.8 Å². The van der Waals surface area contributed by atoms with Gasteiger partial charge in [-0.1, -0.05) is 19.1 Å². The number of carbonyl (C=O) groups excluding carboxylic acids is 2. The fourth-order valence-corrected chi connectivity index (χ4v) is 4.92. The highest BCUT2D eigenvalue weighted by atomic mass is 16.3. The second-order valence-electron chi connectivity index (χ2n) is 7.95. The first-order valence-electron chi connectivity index (χ1n) is 8.88. The second kappa shape index (κ2) is 6.15. The van der Waals surface area contributed by atoms with Crippen LogP contribution in [0.1, 0.15) is 38.8 Å². The van der Waals surface area contributed by atoms with Gasteiger partial charge < -0.3 is 26.0 Å². The van der Waals surface area contributed by atoms with Crippen molar-refractivity contribution in [3.63, 3.8) is 0 Å². The number of nitrogens with zero attached hydrogens (tertiary/aromatic N) is 1. The van der Waals surface area contributed by atoms with Crippen molar-refractivity contribution < 1.29 is 24.9 Å². The summed E-state index contributed by atoms with van der Waals surface area (Å²) >= 11 is 0. The number of anilines is 1. The van der Waals surface area contributed by atoms with Crippen LogP contribution in [0.3, 0.4) is 0 Å². The summed E-state index contributed by atoms with van der Waals surface area (Å²) in [7, 11) is 0. The van der Waals surface area contributed by atoms with Gasteiger partial charge in [0.25, 0.3) is 0 Å². The topological polar surface area (TPSA) is 124 Å². The SMILES string of the molecule is CC(=O)N1c2cc(O)cc(O)c2C(C)(c2ccc(O)cc2)C(C(N)=O)C1(C)C. The van der Waals surface area contributed by atoms with E-state index in [2.05, 4.69) is 0 Å². The predicted molar refractivity (Wildman–Crippen MR) is 104 cm³/mol. The Morgan fingerprint density at radius 1 is 1.00 bits per heavy atom. The summed E-state index contributed by atoms with van der Waals surface area (Å²) in [5.74, 6) is -2.29. The Kier molecular flexibility index (Phi) is 4.29. The fraction of sp³-hybridized carbons (Fsp3) is 0.333. The van der Waals surface area contributed by atoms with Gasteiger partial charge in [-0.3, -0.25) is 9.59 Å². The minimum Gasteiger partial charge on any atom is -0.508 e. The zero-order chi connectivity index (χ0) is 21.0. The molecule has 2 unspecified atom stereocenters. The van der Waals surface area contributed by atoms with Crippen LogP contribution in [-0.4, -0.2) is 32.7 Å². The first kappa shape index (κ1) is 19.5. The van der Waals surface area contributed by atoms with Crippen LogP contribution in [0.2, 0.25) is 0 Å². The molecule has 2 amide bonds. The van der Waals surface area contributed by atoms with Gasteiger partial charge in [-0.2, -0.15) is 0 Å². The van der Waals surface area contributed by atoms with Crippen LogP contribution in [0.15, 0.2) is 36.4 Å². The van der Waals surface area contributed by atoms with Crippen molar-refractivity contribution in [1.29, 1.82) is 0 Å². The predicted octanol–water partition coefficient (Wildman–Crippen LogP) is 2.36. The smallest absolute Gasteiger partial charge is 0.224 e. The summed E-state index contributed by atoms with van der Waals surface area (Å²) in [6.45, 7) is 6.58. The lowest BCUT2D eigenvalue weighted by atomic mass is 9.57. The summed E-state index contributed by atoms with van der Waals surface area (Å²) in [5, 5.41) is 30.5. The molecule has 0 aliphatic carbocycles. The highest BCUT2D eigenvalue weighted by Gasteiger charge is 2.58. The Bertz CT molecular complexity index is 968. The zero-order valence-electron chi connectivity index (χ0n) is 16.2. The first-order valence-corrected chi connectivity index (χ1v) is 8.88. The molecule has 3 rings (SSSR count). The van der Waals surface area contributed by atoms with E-state index in [0.29, 0.717) is 16.8 Å². The molecule has 2 aromatic rings. The van der Waals surface area contributed by atoms with Crippen LogP contribution >= 0.6 is 0 Å². The van der Waals surface area contributed by atoms with Crippen molar-refractivity contribution in [2.75, 3.05) is 4.90 Å². The van der Waals surface area contributed by atoms with Gasteiger partial charge in [0, 0.05) is 30.0 Å². The summed E-state index contributed by atoms with van der Waals surface area (Å²) in [5.41, 5.74) is 4.90. The minimum absolute atomic E-state index is 0.0542. The fourth-order valence-electron chi connectivity index (χ4n) is 4.92. The molecule has 1 aliphatic heterocycles. The molecule has 2 atom stereocenters. The van der Waals surface area contributed by atoms with Crippen LogP contribution in [0.5, 0.6) is 17.2 Å². The number of primary amides is 1. The van der Waals surface area contributed by atoms with E-state index in [9.17, 15) is 24.9 Å². The van der Waals surface area contributed by atoms with Gasteiger partial charge in [-0.25, -0.2) is 0 Å². The number of aromatic hydroxyl groups is 3. The molecule has 0 fully saturated rings. The molecule has 7 nitrogen and oxygen atoms in total. The molecule has 1 aliphatic rings. The normalized spacial score (nSPS) is 23.1. The molecule has 0 saturated carbocycles. The number of rotatable bonds is 2. The first-order chi connectivity index (χ1) is 12.9. The highest BCUT2D eigenvalue weighted by Crippen LogP contribution is 2.57. The number of amides is 2. The van der Waals surface area contributed by atoms with Gasteiger partial charge in [-0.05, 0) is 31.5 Å². The lowest BCUT2D eigenvalue weighted by Gasteiger charge is -2.55. The Balaban J connectivity index is 2.49. The lowest BCUT2D eigenvalue weighted by molar-refractivity contribution is -0.127. The molecule has 7 heteroatoms. The standard InChI is InChI=1S/C21H24N2O5/c1-11(24)23-15-9-14(26)10-16(27)17(15)21(4,12-5-7-13(25)8-6-12)18(19(22)28)20(23,2)3/h5-10,18,25-27H,1-4H3,(H2,22,28). The lowest BCUT2D eigenvalue weighted by Crippen LogP contribution is -2.65. The van der Waals surface area contributed by atoms with E-state index in [1.54, 1.807) is 32.9 Å².